The van der Waals surface area contributed by atoms with Gasteiger partial charge in [-0.15, -0.1) is 11.8 Å². The number of carbonyl (C=O) groups is 2. The molecule has 0 fully saturated rings. The number of nitrogens with one attached hydrogen (secondary N) is 2. The highest BCUT2D eigenvalue weighted by molar-refractivity contribution is 7.99. The maximum atomic E-state index is 12.8. The molecular weight excluding hydrogens is 440 g/mol. The first-order valence-corrected chi connectivity index (χ1v) is 11.5. The summed E-state index contributed by atoms with van der Waals surface area (Å²) in [5.41, 5.74) is 3.30. The minimum Gasteiger partial charge on any atom is -0.454 e. The van der Waals surface area contributed by atoms with Crippen LogP contribution in [-0.4, -0.2) is 36.0 Å². The standard InChI is InChI=1S/C24H22N4O4S/c29-22(26-14-17-5-8-20-21(12-17)32-15-31-20)13-16-3-6-18(7-4-16)27-24(30)28-10-11-33-23-19(28)2-1-9-25-23/h1-9,12H,10-11,13-15H2,(H,26,29)(H,27,30). The third kappa shape index (κ3) is 4.88. The van der Waals surface area contributed by atoms with Crippen molar-refractivity contribution in [2.24, 2.45) is 0 Å². The topological polar surface area (TPSA) is 92.8 Å². The molecule has 0 atom stereocenters. The third-order valence-corrected chi connectivity index (χ3v) is 6.31. The number of rotatable bonds is 5. The zero-order valence-electron chi connectivity index (χ0n) is 17.7. The molecule has 3 aromatic rings. The van der Waals surface area contributed by atoms with E-state index in [-0.39, 0.29) is 25.2 Å². The zero-order valence-corrected chi connectivity index (χ0v) is 18.6. The number of pyridine rings is 1. The van der Waals surface area contributed by atoms with E-state index < -0.39 is 0 Å². The Labute approximate surface area is 195 Å². The summed E-state index contributed by atoms with van der Waals surface area (Å²) in [6, 6.07) is 16.5. The average Bonchev–Trinajstić information content (AvgIpc) is 3.31. The number of urea groups is 1. The van der Waals surface area contributed by atoms with Crippen LogP contribution in [-0.2, 0) is 17.8 Å². The maximum absolute atomic E-state index is 12.8. The summed E-state index contributed by atoms with van der Waals surface area (Å²) >= 11 is 1.65. The number of anilines is 2. The van der Waals surface area contributed by atoms with Crippen molar-refractivity contribution < 1.29 is 19.1 Å². The van der Waals surface area contributed by atoms with Crippen LogP contribution in [0.25, 0.3) is 0 Å². The fourth-order valence-corrected chi connectivity index (χ4v) is 4.59. The van der Waals surface area contributed by atoms with Gasteiger partial charge in [-0.3, -0.25) is 9.69 Å². The van der Waals surface area contributed by atoms with Crippen molar-refractivity contribution in [1.29, 1.82) is 0 Å². The van der Waals surface area contributed by atoms with Crippen LogP contribution in [0.15, 0.2) is 65.8 Å². The summed E-state index contributed by atoms with van der Waals surface area (Å²) in [5, 5.41) is 6.71. The van der Waals surface area contributed by atoms with Crippen molar-refractivity contribution in [2.75, 3.05) is 29.3 Å². The van der Waals surface area contributed by atoms with Crippen LogP contribution >= 0.6 is 11.8 Å². The zero-order chi connectivity index (χ0) is 22.6. The summed E-state index contributed by atoms with van der Waals surface area (Å²) in [6.45, 7) is 1.26. The number of carbonyl (C=O) groups excluding carboxylic acids is 2. The molecule has 3 heterocycles. The summed E-state index contributed by atoms with van der Waals surface area (Å²) in [4.78, 5) is 31.2. The van der Waals surface area contributed by atoms with Gasteiger partial charge in [0.1, 0.15) is 5.03 Å². The van der Waals surface area contributed by atoms with Crippen molar-refractivity contribution in [3.05, 3.63) is 71.9 Å². The van der Waals surface area contributed by atoms with Gasteiger partial charge in [0.25, 0.3) is 0 Å². The Bertz CT molecular complexity index is 1190. The highest BCUT2D eigenvalue weighted by Gasteiger charge is 2.23. The van der Waals surface area contributed by atoms with Crippen LogP contribution in [0.4, 0.5) is 16.2 Å². The van der Waals surface area contributed by atoms with Gasteiger partial charge in [-0.25, -0.2) is 9.78 Å². The quantitative estimate of drug-likeness (QED) is 0.599. The molecule has 2 N–H and O–H groups in total. The molecule has 1 aromatic heterocycles. The van der Waals surface area contributed by atoms with Gasteiger partial charge < -0.3 is 20.1 Å². The molecule has 9 heteroatoms. The van der Waals surface area contributed by atoms with Gasteiger partial charge >= 0.3 is 6.03 Å². The lowest BCUT2D eigenvalue weighted by molar-refractivity contribution is -0.120. The minimum atomic E-state index is -0.196. The van der Waals surface area contributed by atoms with E-state index in [1.807, 2.05) is 42.5 Å². The number of hydrogen-bond donors (Lipinski definition) is 2. The molecule has 8 nitrogen and oxygen atoms in total. The Hall–Kier alpha value is -3.72. The summed E-state index contributed by atoms with van der Waals surface area (Å²) < 4.78 is 10.7. The molecule has 5 rings (SSSR count). The molecule has 2 aliphatic heterocycles. The van der Waals surface area contributed by atoms with Crippen molar-refractivity contribution in [3.63, 3.8) is 0 Å². The Morgan fingerprint density at radius 1 is 1.03 bits per heavy atom. The van der Waals surface area contributed by atoms with Crippen LogP contribution in [0.3, 0.4) is 0 Å². The van der Waals surface area contributed by atoms with E-state index in [2.05, 4.69) is 15.6 Å². The van der Waals surface area contributed by atoms with Gasteiger partial charge in [-0.1, -0.05) is 18.2 Å². The smallest absolute Gasteiger partial charge is 0.326 e. The number of nitrogens with zero attached hydrogens (tertiary/aromatic N) is 2. The predicted molar refractivity (Wildman–Crippen MR) is 126 cm³/mol. The Balaban J connectivity index is 1.14. The fourth-order valence-electron chi connectivity index (χ4n) is 3.66. The molecule has 0 unspecified atom stereocenters. The highest BCUT2D eigenvalue weighted by Crippen LogP contribution is 2.33. The molecular formula is C24H22N4O4S. The van der Waals surface area contributed by atoms with Gasteiger partial charge in [0.15, 0.2) is 11.5 Å². The molecule has 0 radical (unpaired) electrons. The first kappa shape index (κ1) is 21.1. The second kappa shape index (κ2) is 9.41. The largest absolute Gasteiger partial charge is 0.454 e. The monoisotopic (exact) mass is 462 g/mol. The molecule has 3 amide bonds. The van der Waals surface area contributed by atoms with E-state index in [9.17, 15) is 9.59 Å². The Morgan fingerprint density at radius 3 is 2.73 bits per heavy atom. The van der Waals surface area contributed by atoms with Crippen molar-refractivity contribution in [2.45, 2.75) is 18.0 Å². The van der Waals surface area contributed by atoms with E-state index in [1.54, 1.807) is 35.0 Å². The van der Waals surface area contributed by atoms with Crippen LogP contribution in [0.1, 0.15) is 11.1 Å². The molecule has 168 valence electrons. The number of fused-ring (bicyclic) bond motifs is 2. The minimum absolute atomic E-state index is 0.0839. The van der Waals surface area contributed by atoms with Gasteiger partial charge in [-0.05, 0) is 47.5 Å². The van der Waals surface area contributed by atoms with Crippen LogP contribution < -0.4 is 25.0 Å². The third-order valence-electron chi connectivity index (χ3n) is 5.34. The number of benzene rings is 2. The number of ether oxygens (including phenoxy) is 2. The normalized spacial score (nSPS) is 13.9. The molecule has 0 aliphatic carbocycles. The lowest BCUT2D eigenvalue weighted by Gasteiger charge is -2.28. The fraction of sp³-hybridized carbons (Fsp3) is 0.208. The molecule has 33 heavy (non-hydrogen) atoms. The Morgan fingerprint density at radius 2 is 1.85 bits per heavy atom. The Kier molecular flexibility index (Phi) is 6.03. The summed E-state index contributed by atoms with van der Waals surface area (Å²) in [5.74, 6) is 2.14. The van der Waals surface area contributed by atoms with Crippen molar-refractivity contribution >= 4 is 35.1 Å². The van der Waals surface area contributed by atoms with E-state index in [0.29, 0.717) is 24.5 Å². The average molecular weight is 463 g/mol. The van der Waals surface area contributed by atoms with E-state index in [1.165, 1.54) is 0 Å². The molecule has 2 aliphatic rings. The number of hydrogen-bond acceptors (Lipinski definition) is 6. The molecule has 0 saturated heterocycles. The first-order chi connectivity index (χ1) is 16.2. The number of amides is 3. The SMILES string of the molecule is O=C(Cc1ccc(NC(=O)N2CCSc3ncccc32)cc1)NCc1ccc2c(c1)OCO2. The first-order valence-electron chi connectivity index (χ1n) is 10.6. The van der Waals surface area contributed by atoms with Crippen LogP contribution in [0.5, 0.6) is 11.5 Å². The molecule has 2 aromatic carbocycles. The van der Waals surface area contributed by atoms with E-state index in [4.69, 9.17) is 9.47 Å². The number of aromatic nitrogens is 1. The summed E-state index contributed by atoms with van der Waals surface area (Å²) in [6.07, 6.45) is 1.98. The van der Waals surface area contributed by atoms with Gasteiger partial charge in [-0.2, -0.15) is 0 Å². The lowest BCUT2D eigenvalue weighted by Crippen LogP contribution is -2.38. The highest BCUT2D eigenvalue weighted by atomic mass is 32.2. The van der Waals surface area contributed by atoms with Gasteiger partial charge in [0.05, 0.1) is 12.1 Å². The van der Waals surface area contributed by atoms with Crippen LogP contribution in [0, 0.1) is 0 Å². The summed E-state index contributed by atoms with van der Waals surface area (Å²) in [7, 11) is 0. The van der Waals surface area contributed by atoms with Gasteiger partial charge in [0, 0.05) is 30.7 Å². The molecule has 0 bridgehead atoms. The van der Waals surface area contributed by atoms with Gasteiger partial charge in [0.2, 0.25) is 12.7 Å². The second-order valence-corrected chi connectivity index (χ2v) is 8.68. The second-order valence-electron chi connectivity index (χ2n) is 7.60. The predicted octanol–water partition coefficient (Wildman–Crippen LogP) is 3.81. The van der Waals surface area contributed by atoms with E-state index in [0.717, 1.165) is 33.3 Å². The van der Waals surface area contributed by atoms with E-state index >= 15 is 0 Å². The van der Waals surface area contributed by atoms with Crippen molar-refractivity contribution in [3.8, 4) is 11.5 Å². The lowest BCUT2D eigenvalue weighted by atomic mass is 10.1. The number of thioether (sulfide) groups is 1. The van der Waals surface area contributed by atoms with Crippen molar-refractivity contribution in [1.82, 2.24) is 10.3 Å². The molecule has 0 saturated carbocycles. The van der Waals surface area contributed by atoms with Crippen LogP contribution in [0.2, 0.25) is 0 Å². The maximum Gasteiger partial charge on any atom is 0.326 e. The molecule has 0 spiro atoms.